The third kappa shape index (κ3) is 3.11. The van der Waals surface area contributed by atoms with E-state index < -0.39 is 12.0 Å². The third-order valence-corrected chi connectivity index (χ3v) is 3.16. The average Bonchev–Trinajstić information content (AvgIpc) is 2.86. The number of carboxylic acids is 1. The Morgan fingerprint density at radius 1 is 1.39 bits per heavy atom. The number of aliphatic carboxylic acids is 1. The van der Waals surface area contributed by atoms with Gasteiger partial charge in [-0.3, -0.25) is 0 Å². The Bertz CT molecular complexity index is 317. The van der Waals surface area contributed by atoms with Crippen LogP contribution in [0.3, 0.4) is 0 Å². The van der Waals surface area contributed by atoms with Gasteiger partial charge in [0.2, 0.25) is 0 Å². The van der Waals surface area contributed by atoms with Gasteiger partial charge in [-0.15, -0.1) is 0 Å². The molecule has 0 radical (unpaired) electrons. The second-order valence-electron chi connectivity index (χ2n) is 4.44. The molecule has 0 aromatic heterocycles. The van der Waals surface area contributed by atoms with Gasteiger partial charge in [-0.05, 0) is 12.8 Å². The standard InChI is InChI=1S/C11H18N2O5/c14-10(15)9-2-1-3-13(9)11(16)12-6-8-7-17-4-5-18-8/h8-9H,1-7H2,(H,12,16)(H,14,15). The van der Waals surface area contributed by atoms with Crippen LogP contribution in [0.1, 0.15) is 12.8 Å². The number of carbonyl (C=O) groups excluding carboxylic acids is 1. The van der Waals surface area contributed by atoms with E-state index >= 15 is 0 Å². The molecule has 7 heteroatoms. The topological polar surface area (TPSA) is 88.1 Å². The summed E-state index contributed by atoms with van der Waals surface area (Å²) in [4.78, 5) is 24.2. The van der Waals surface area contributed by atoms with E-state index in [1.54, 1.807) is 0 Å². The molecule has 0 aliphatic carbocycles. The zero-order valence-corrected chi connectivity index (χ0v) is 10.1. The largest absolute Gasteiger partial charge is 0.480 e. The summed E-state index contributed by atoms with van der Waals surface area (Å²) in [5, 5.41) is 11.7. The maximum absolute atomic E-state index is 11.9. The zero-order valence-electron chi connectivity index (χ0n) is 10.1. The average molecular weight is 258 g/mol. The fourth-order valence-electron chi connectivity index (χ4n) is 2.22. The molecule has 18 heavy (non-hydrogen) atoms. The van der Waals surface area contributed by atoms with Crippen LogP contribution >= 0.6 is 0 Å². The molecule has 7 nitrogen and oxygen atoms in total. The van der Waals surface area contributed by atoms with Crippen molar-refractivity contribution in [1.82, 2.24) is 10.2 Å². The summed E-state index contributed by atoms with van der Waals surface area (Å²) in [6.45, 7) is 2.41. The van der Waals surface area contributed by atoms with Crippen molar-refractivity contribution in [2.45, 2.75) is 25.0 Å². The van der Waals surface area contributed by atoms with Crippen LogP contribution in [0.25, 0.3) is 0 Å². The van der Waals surface area contributed by atoms with Gasteiger partial charge >= 0.3 is 12.0 Å². The van der Waals surface area contributed by atoms with Crippen LogP contribution in [0.5, 0.6) is 0 Å². The normalized spacial score (nSPS) is 28.1. The molecule has 2 fully saturated rings. The number of urea groups is 1. The lowest BCUT2D eigenvalue weighted by Gasteiger charge is -2.26. The fraction of sp³-hybridized carbons (Fsp3) is 0.818. The first-order valence-electron chi connectivity index (χ1n) is 6.15. The van der Waals surface area contributed by atoms with Crippen molar-refractivity contribution in [3.05, 3.63) is 0 Å². The molecule has 0 bridgehead atoms. The molecule has 2 unspecified atom stereocenters. The number of likely N-dealkylation sites (tertiary alicyclic amines) is 1. The number of nitrogens with zero attached hydrogens (tertiary/aromatic N) is 1. The second-order valence-corrected chi connectivity index (χ2v) is 4.44. The number of rotatable bonds is 3. The van der Waals surface area contributed by atoms with Crippen LogP contribution in [0.15, 0.2) is 0 Å². The van der Waals surface area contributed by atoms with Crippen LogP contribution in [0.4, 0.5) is 4.79 Å². The number of amides is 2. The van der Waals surface area contributed by atoms with Crippen LogP contribution in [0.2, 0.25) is 0 Å². The minimum Gasteiger partial charge on any atom is -0.480 e. The highest BCUT2D eigenvalue weighted by atomic mass is 16.6. The molecule has 2 heterocycles. The van der Waals surface area contributed by atoms with Gasteiger partial charge in [-0.1, -0.05) is 0 Å². The lowest BCUT2D eigenvalue weighted by molar-refractivity contribution is -0.141. The van der Waals surface area contributed by atoms with Crippen molar-refractivity contribution in [3.63, 3.8) is 0 Å². The molecular weight excluding hydrogens is 240 g/mol. The Morgan fingerprint density at radius 3 is 2.89 bits per heavy atom. The zero-order chi connectivity index (χ0) is 13.0. The molecule has 0 aromatic rings. The first kappa shape index (κ1) is 13.1. The van der Waals surface area contributed by atoms with Crippen molar-refractivity contribution in [2.75, 3.05) is 32.9 Å². The highest BCUT2D eigenvalue weighted by Gasteiger charge is 2.34. The third-order valence-electron chi connectivity index (χ3n) is 3.16. The lowest BCUT2D eigenvalue weighted by Crippen LogP contribution is -2.49. The van der Waals surface area contributed by atoms with Crippen LogP contribution in [0, 0.1) is 0 Å². The van der Waals surface area contributed by atoms with Crippen molar-refractivity contribution < 1.29 is 24.2 Å². The summed E-state index contributed by atoms with van der Waals surface area (Å²) in [7, 11) is 0. The fourth-order valence-corrected chi connectivity index (χ4v) is 2.22. The number of nitrogens with one attached hydrogen (secondary N) is 1. The van der Waals surface area contributed by atoms with E-state index in [0.717, 1.165) is 6.42 Å². The maximum atomic E-state index is 11.9. The predicted molar refractivity (Wildman–Crippen MR) is 61.3 cm³/mol. The smallest absolute Gasteiger partial charge is 0.326 e. The molecule has 0 saturated carbocycles. The Morgan fingerprint density at radius 2 is 2.22 bits per heavy atom. The molecule has 2 aliphatic heterocycles. The Labute approximate surface area is 105 Å². The highest BCUT2D eigenvalue weighted by Crippen LogP contribution is 2.17. The highest BCUT2D eigenvalue weighted by molar-refractivity contribution is 5.83. The molecule has 102 valence electrons. The number of ether oxygens (including phenoxy) is 2. The van der Waals surface area contributed by atoms with Gasteiger partial charge in [0.15, 0.2) is 0 Å². The minimum absolute atomic E-state index is 0.145. The first-order chi connectivity index (χ1) is 8.68. The Kier molecular flexibility index (Phi) is 4.38. The van der Waals surface area contributed by atoms with Crippen molar-refractivity contribution in [2.24, 2.45) is 0 Å². The van der Waals surface area contributed by atoms with Crippen molar-refractivity contribution in [3.8, 4) is 0 Å². The van der Waals surface area contributed by atoms with Gasteiger partial charge < -0.3 is 24.8 Å². The number of carbonyl (C=O) groups is 2. The molecule has 0 spiro atoms. The van der Waals surface area contributed by atoms with Gasteiger partial charge in [-0.25, -0.2) is 9.59 Å². The SMILES string of the molecule is O=C(O)C1CCCN1C(=O)NCC1COCCO1. The monoisotopic (exact) mass is 258 g/mol. The quantitative estimate of drug-likeness (QED) is 0.723. The van der Waals surface area contributed by atoms with Crippen LogP contribution in [-0.4, -0.2) is 67.1 Å². The second kappa shape index (κ2) is 6.01. The van der Waals surface area contributed by atoms with E-state index in [0.29, 0.717) is 39.3 Å². The number of hydrogen-bond donors (Lipinski definition) is 2. The minimum atomic E-state index is -0.945. The van der Waals surface area contributed by atoms with E-state index in [9.17, 15) is 9.59 Å². The van der Waals surface area contributed by atoms with Crippen LogP contribution in [-0.2, 0) is 14.3 Å². The molecule has 2 saturated heterocycles. The Balaban J connectivity index is 1.78. The van der Waals surface area contributed by atoms with Gasteiger partial charge in [0.1, 0.15) is 6.04 Å². The molecule has 2 rings (SSSR count). The molecule has 2 atom stereocenters. The van der Waals surface area contributed by atoms with E-state index in [2.05, 4.69) is 5.32 Å². The summed E-state index contributed by atoms with van der Waals surface area (Å²) in [6, 6.07) is -1.04. The van der Waals surface area contributed by atoms with Crippen molar-refractivity contribution in [1.29, 1.82) is 0 Å². The molecule has 2 amide bonds. The Hall–Kier alpha value is -1.34. The predicted octanol–water partition coefficient (Wildman–Crippen LogP) is -0.340. The van der Waals surface area contributed by atoms with E-state index in [1.165, 1.54) is 4.90 Å². The van der Waals surface area contributed by atoms with Gasteiger partial charge in [-0.2, -0.15) is 0 Å². The van der Waals surface area contributed by atoms with E-state index in [-0.39, 0.29) is 12.1 Å². The lowest BCUT2D eigenvalue weighted by atomic mass is 10.2. The summed E-state index contributed by atoms with van der Waals surface area (Å²) < 4.78 is 10.6. The maximum Gasteiger partial charge on any atom is 0.326 e. The molecular formula is C11H18N2O5. The summed E-state index contributed by atoms with van der Waals surface area (Å²) in [5.74, 6) is -0.945. The van der Waals surface area contributed by atoms with Gasteiger partial charge in [0, 0.05) is 13.1 Å². The van der Waals surface area contributed by atoms with E-state index in [1.807, 2.05) is 0 Å². The summed E-state index contributed by atoms with van der Waals surface area (Å²) in [5.41, 5.74) is 0. The number of hydrogen-bond acceptors (Lipinski definition) is 4. The van der Waals surface area contributed by atoms with E-state index in [4.69, 9.17) is 14.6 Å². The van der Waals surface area contributed by atoms with Gasteiger partial charge in [0.05, 0.1) is 25.9 Å². The number of carboxylic acid groups (broad SMARTS) is 1. The molecule has 2 N–H and O–H groups in total. The van der Waals surface area contributed by atoms with Crippen LogP contribution < -0.4 is 5.32 Å². The van der Waals surface area contributed by atoms with Crippen molar-refractivity contribution >= 4 is 12.0 Å². The van der Waals surface area contributed by atoms with Gasteiger partial charge in [0.25, 0.3) is 0 Å². The first-order valence-corrected chi connectivity index (χ1v) is 6.15. The summed E-state index contributed by atoms with van der Waals surface area (Å²) >= 11 is 0. The summed E-state index contributed by atoms with van der Waals surface area (Å²) in [6.07, 6.45) is 1.10. The molecule has 2 aliphatic rings. The molecule has 0 aromatic carbocycles.